The van der Waals surface area contributed by atoms with Crippen LogP contribution in [-0.2, 0) is 11.3 Å². The van der Waals surface area contributed by atoms with Gasteiger partial charge in [0.1, 0.15) is 12.4 Å². The van der Waals surface area contributed by atoms with Gasteiger partial charge in [-0.2, -0.15) is 0 Å². The Balaban J connectivity index is 2.69. The first-order valence-corrected chi connectivity index (χ1v) is 6.26. The highest BCUT2D eigenvalue weighted by Crippen LogP contribution is 2.13. The average Bonchev–Trinajstić information content (AvgIpc) is 2.31. The molecule has 7 nitrogen and oxygen atoms in total. The van der Waals surface area contributed by atoms with Gasteiger partial charge in [-0.1, -0.05) is 0 Å². The molecule has 2 amide bonds. The van der Waals surface area contributed by atoms with Gasteiger partial charge >= 0.3 is 12.0 Å². The third-order valence-corrected chi connectivity index (χ3v) is 2.60. The van der Waals surface area contributed by atoms with E-state index in [1.54, 1.807) is 40.0 Å². The number of aryl methyl sites for hydroxylation is 1. The molecule has 0 unspecified atom stereocenters. The van der Waals surface area contributed by atoms with E-state index < -0.39 is 17.5 Å². The van der Waals surface area contributed by atoms with Crippen molar-refractivity contribution in [3.05, 3.63) is 23.8 Å². The quantitative estimate of drug-likeness (QED) is 0.863. The first-order chi connectivity index (χ1) is 9.20. The Morgan fingerprint density at radius 1 is 1.40 bits per heavy atom. The van der Waals surface area contributed by atoms with Gasteiger partial charge in [-0.25, -0.2) is 14.8 Å². The van der Waals surface area contributed by atoms with E-state index >= 15 is 0 Å². The minimum absolute atomic E-state index is 0.231. The molecule has 0 fully saturated rings. The number of aromatic nitrogens is 2. The van der Waals surface area contributed by atoms with E-state index in [9.17, 15) is 9.59 Å². The lowest BCUT2D eigenvalue weighted by atomic mass is 10.1. The summed E-state index contributed by atoms with van der Waals surface area (Å²) in [4.78, 5) is 32.3. The lowest BCUT2D eigenvalue weighted by Gasteiger charge is -2.34. The van der Waals surface area contributed by atoms with Gasteiger partial charge in [-0.05, 0) is 33.8 Å². The Morgan fingerprint density at radius 3 is 2.55 bits per heavy atom. The number of carbonyl (C=O) groups is 2. The summed E-state index contributed by atoms with van der Waals surface area (Å²) in [5, 5.41) is 11.5. The molecule has 0 aromatic carbocycles. The van der Waals surface area contributed by atoms with Crippen LogP contribution in [0.25, 0.3) is 0 Å². The molecule has 0 aliphatic carbocycles. The Hall–Kier alpha value is -2.18. The Labute approximate surface area is 118 Å². The first-order valence-electron chi connectivity index (χ1n) is 6.26. The zero-order valence-corrected chi connectivity index (χ0v) is 12.2. The fourth-order valence-corrected chi connectivity index (χ4v) is 1.61. The number of amides is 2. The third-order valence-electron chi connectivity index (χ3n) is 2.60. The highest BCUT2D eigenvalue weighted by atomic mass is 16.4. The van der Waals surface area contributed by atoms with Crippen molar-refractivity contribution in [3.63, 3.8) is 0 Å². The summed E-state index contributed by atoms with van der Waals surface area (Å²) < 4.78 is 0. The number of nitrogens with zero attached hydrogens (tertiary/aromatic N) is 3. The van der Waals surface area contributed by atoms with E-state index in [0.717, 1.165) is 0 Å². The van der Waals surface area contributed by atoms with Crippen molar-refractivity contribution in [1.82, 2.24) is 20.2 Å². The van der Waals surface area contributed by atoms with Gasteiger partial charge in [-0.15, -0.1) is 0 Å². The van der Waals surface area contributed by atoms with E-state index in [-0.39, 0.29) is 13.1 Å². The number of aliphatic carboxylic acids is 1. The van der Waals surface area contributed by atoms with Gasteiger partial charge in [0.05, 0.1) is 12.2 Å². The monoisotopic (exact) mass is 280 g/mol. The van der Waals surface area contributed by atoms with Gasteiger partial charge in [0, 0.05) is 11.7 Å². The molecule has 110 valence electrons. The summed E-state index contributed by atoms with van der Waals surface area (Å²) in [5.41, 5.74) is 0.0967. The zero-order valence-electron chi connectivity index (χ0n) is 12.2. The van der Waals surface area contributed by atoms with Crippen molar-refractivity contribution in [2.24, 2.45) is 0 Å². The maximum Gasteiger partial charge on any atom is 0.323 e. The van der Waals surface area contributed by atoms with Crippen molar-refractivity contribution < 1.29 is 14.7 Å². The first kappa shape index (κ1) is 15.9. The molecule has 0 aliphatic heterocycles. The van der Waals surface area contributed by atoms with E-state index in [1.165, 1.54) is 4.90 Å². The minimum Gasteiger partial charge on any atom is -0.480 e. The maximum atomic E-state index is 12.1. The lowest BCUT2D eigenvalue weighted by Crippen LogP contribution is -2.52. The predicted octanol–water partition coefficient (Wildman–Crippen LogP) is 1.18. The molecule has 0 saturated carbocycles. The van der Waals surface area contributed by atoms with Gasteiger partial charge in [-0.3, -0.25) is 4.79 Å². The minimum atomic E-state index is -1.05. The van der Waals surface area contributed by atoms with Crippen molar-refractivity contribution in [3.8, 4) is 0 Å². The van der Waals surface area contributed by atoms with Crippen molar-refractivity contribution in [2.75, 3.05) is 6.54 Å². The number of rotatable bonds is 4. The van der Waals surface area contributed by atoms with E-state index in [0.29, 0.717) is 11.5 Å². The van der Waals surface area contributed by atoms with Gasteiger partial charge in [0.15, 0.2) is 0 Å². The zero-order chi connectivity index (χ0) is 15.3. The van der Waals surface area contributed by atoms with Crippen LogP contribution in [0.5, 0.6) is 0 Å². The van der Waals surface area contributed by atoms with Gasteiger partial charge in [0.25, 0.3) is 0 Å². The molecule has 7 heteroatoms. The van der Waals surface area contributed by atoms with Crippen LogP contribution in [0.2, 0.25) is 0 Å². The van der Waals surface area contributed by atoms with Gasteiger partial charge < -0.3 is 15.3 Å². The second-order valence-electron chi connectivity index (χ2n) is 5.40. The van der Waals surface area contributed by atoms with Crippen molar-refractivity contribution >= 4 is 12.0 Å². The fraction of sp³-hybridized carbons (Fsp3) is 0.538. The topological polar surface area (TPSA) is 95.4 Å². The molecule has 0 bridgehead atoms. The summed E-state index contributed by atoms with van der Waals surface area (Å²) in [6, 6.07) is 1.27. The second kappa shape index (κ2) is 6.31. The van der Waals surface area contributed by atoms with Crippen LogP contribution in [0, 0.1) is 6.92 Å². The van der Waals surface area contributed by atoms with Crippen LogP contribution in [0.1, 0.15) is 32.3 Å². The molecule has 0 aliphatic rings. The largest absolute Gasteiger partial charge is 0.480 e. The van der Waals surface area contributed by atoms with Crippen LogP contribution in [0.3, 0.4) is 0 Å². The second-order valence-corrected chi connectivity index (χ2v) is 5.40. The average molecular weight is 280 g/mol. The van der Waals surface area contributed by atoms with Crippen molar-refractivity contribution in [2.45, 2.75) is 39.8 Å². The van der Waals surface area contributed by atoms with E-state index in [2.05, 4.69) is 15.3 Å². The number of carboxylic acids is 1. The number of hydrogen-bond acceptors (Lipinski definition) is 4. The summed E-state index contributed by atoms with van der Waals surface area (Å²) in [7, 11) is 0. The molecule has 2 N–H and O–H groups in total. The number of carbonyl (C=O) groups excluding carboxylic acids is 1. The predicted molar refractivity (Wildman–Crippen MR) is 73.1 cm³/mol. The Kier molecular flexibility index (Phi) is 5.01. The van der Waals surface area contributed by atoms with Crippen LogP contribution < -0.4 is 5.32 Å². The highest BCUT2D eigenvalue weighted by Gasteiger charge is 2.28. The summed E-state index contributed by atoms with van der Waals surface area (Å²) >= 11 is 0. The standard InChI is InChI=1S/C13H20N4O3/c1-9-14-6-5-10(16-9)7-15-12(20)17(8-11(18)19)13(2,3)4/h5-6H,7-8H2,1-4H3,(H,15,20)(H,18,19). The summed E-state index contributed by atoms with van der Waals surface area (Å²) in [6.45, 7) is 6.99. The van der Waals surface area contributed by atoms with Crippen molar-refractivity contribution in [1.29, 1.82) is 0 Å². The number of nitrogens with one attached hydrogen (secondary N) is 1. The number of carboxylic acid groups (broad SMARTS) is 1. The molecule has 20 heavy (non-hydrogen) atoms. The lowest BCUT2D eigenvalue weighted by molar-refractivity contribution is -0.138. The molecular weight excluding hydrogens is 260 g/mol. The highest BCUT2D eigenvalue weighted by molar-refractivity contribution is 5.80. The van der Waals surface area contributed by atoms with Crippen LogP contribution in [0.4, 0.5) is 4.79 Å². The summed E-state index contributed by atoms with van der Waals surface area (Å²) in [6.07, 6.45) is 1.61. The Morgan fingerprint density at radius 2 is 2.05 bits per heavy atom. The smallest absolute Gasteiger partial charge is 0.323 e. The number of hydrogen-bond donors (Lipinski definition) is 2. The molecule has 0 spiro atoms. The summed E-state index contributed by atoms with van der Waals surface area (Å²) in [5.74, 6) is -0.428. The molecular formula is C13H20N4O3. The van der Waals surface area contributed by atoms with Crippen LogP contribution >= 0.6 is 0 Å². The van der Waals surface area contributed by atoms with E-state index in [1.807, 2.05) is 0 Å². The molecule has 0 atom stereocenters. The number of urea groups is 1. The van der Waals surface area contributed by atoms with E-state index in [4.69, 9.17) is 5.11 Å². The SMILES string of the molecule is Cc1nccc(CNC(=O)N(CC(=O)O)C(C)(C)C)n1. The molecule has 0 saturated heterocycles. The van der Waals surface area contributed by atoms with Gasteiger partial charge in [0.2, 0.25) is 0 Å². The molecule has 1 heterocycles. The normalized spacial score (nSPS) is 11.0. The fourth-order valence-electron chi connectivity index (χ4n) is 1.61. The molecule has 1 rings (SSSR count). The molecule has 1 aromatic heterocycles. The Bertz CT molecular complexity index is 497. The maximum absolute atomic E-state index is 12.1. The van der Waals surface area contributed by atoms with Crippen LogP contribution in [-0.4, -0.2) is 44.1 Å². The molecule has 1 aromatic rings. The third kappa shape index (κ3) is 4.83. The van der Waals surface area contributed by atoms with Crippen LogP contribution in [0.15, 0.2) is 12.3 Å². The molecule has 0 radical (unpaired) electrons.